The Hall–Kier alpha value is -2.09. The van der Waals surface area contributed by atoms with E-state index in [0.29, 0.717) is 13.0 Å². The van der Waals surface area contributed by atoms with Crippen molar-refractivity contribution < 1.29 is 9.90 Å². The largest absolute Gasteiger partial charge is 0.477 e. The lowest BCUT2D eigenvalue weighted by Crippen LogP contribution is -2.30. The first-order valence-electron chi connectivity index (χ1n) is 5.80. The van der Waals surface area contributed by atoms with Gasteiger partial charge in [0.05, 0.1) is 6.07 Å². The molecule has 18 heavy (non-hydrogen) atoms. The molecule has 1 aromatic rings. The van der Waals surface area contributed by atoms with Gasteiger partial charge < -0.3 is 9.67 Å². The fourth-order valence-corrected chi connectivity index (χ4v) is 2.10. The number of nitriles is 1. The Kier molecular flexibility index (Phi) is 2.95. The fourth-order valence-electron chi connectivity index (χ4n) is 2.10. The van der Waals surface area contributed by atoms with E-state index in [1.807, 2.05) is 0 Å². The third kappa shape index (κ3) is 2.14. The molecule has 94 valence electrons. The van der Waals surface area contributed by atoms with Crippen molar-refractivity contribution in [1.29, 1.82) is 5.26 Å². The Morgan fingerprint density at radius 3 is 2.72 bits per heavy atom. The van der Waals surface area contributed by atoms with Crippen molar-refractivity contribution in [3.05, 3.63) is 33.7 Å². The predicted molar refractivity (Wildman–Crippen MR) is 64.3 cm³/mol. The molecule has 0 radical (unpaired) electrons. The smallest absolute Gasteiger partial charge is 0.341 e. The van der Waals surface area contributed by atoms with Gasteiger partial charge in [-0.1, -0.05) is 0 Å². The lowest BCUT2D eigenvalue weighted by Gasteiger charge is -2.16. The average Bonchev–Trinajstić information content (AvgIpc) is 3.04. The van der Waals surface area contributed by atoms with Crippen LogP contribution in [0.5, 0.6) is 0 Å². The number of aryl methyl sites for hydroxylation is 1. The number of hydrogen-bond acceptors (Lipinski definition) is 3. The van der Waals surface area contributed by atoms with Crippen LogP contribution in [0.2, 0.25) is 0 Å². The molecule has 0 bridgehead atoms. The van der Waals surface area contributed by atoms with Gasteiger partial charge in [0.25, 0.3) is 5.56 Å². The Morgan fingerprint density at radius 1 is 1.56 bits per heavy atom. The number of nitrogens with zero attached hydrogens (tertiary/aromatic N) is 2. The minimum Gasteiger partial charge on any atom is -0.477 e. The summed E-state index contributed by atoms with van der Waals surface area (Å²) in [4.78, 5) is 23.0. The number of carbonyl (C=O) groups is 1. The standard InChI is InChI=1S/C13H14N2O3/c1-9-2-3-10(12(17)18)11(16)15(9)8-13(4-5-13)6-7-14/h2-3H,4-6,8H2,1H3,(H,17,18). The van der Waals surface area contributed by atoms with Crippen LogP contribution < -0.4 is 5.56 Å². The van der Waals surface area contributed by atoms with Gasteiger partial charge in [-0.3, -0.25) is 4.79 Å². The van der Waals surface area contributed by atoms with Crippen molar-refractivity contribution >= 4 is 5.97 Å². The Morgan fingerprint density at radius 2 is 2.22 bits per heavy atom. The van der Waals surface area contributed by atoms with Gasteiger partial charge in [-0.2, -0.15) is 5.26 Å². The number of rotatable bonds is 4. The summed E-state index contributed by atoms with van der Waals surface area (Å²) in [5, 5.41) is 17.7. The molecule has 0 amide bonds. The molecule has 0 aliphatic heterocycles. The van der Waals surface area contributed by atoms with E-state index in [-0.39, 0.29) is 11.0 Å². The molecule has 0 aromatic carbocycles. The van der Waals surface area contributed by atoms with Gasteiger partial charge in [0, 0.05) is 24.1 Å². The molecule has 1 N–H and O–H groups in total. The molecule has 1 aliphatic rings. The molecule has 1 aliphatic carbocycles. The number of hydrogen-bond donors (Lipinski definition) is 1. The van der Waals surface area contributed by atoms with Crippen LogP contribution in [0.15, 0.2) is 16.9 Å². The summed E-state index contributed by atoms with van der Waals surface area (Å²) >= 11 is 0. The summed E-state index contributed by atoms with van der Waals surface area (Å²) in [5.74, 6) is -1.21. The van der Waals surface area contributed by atoms with E-state index in [4.69, 9.17) is 10.4 Å². The van der Waals surface area contributed by atoms with Gasteiger partial charge in [0.1, 0.15) is 5.56 Å². The maximum absolute atomic E-state index is 12.0. The second-order valence-electron chi connectivity index (χ2n) is 4.92. The first-order chi connectivity index (χ1) is 8.49. The summed E-state index contributed by atoms with van der Waals surface area (Å²) in [6, 6.07) is 5.10. The lowest BCUT2D eigenvalue weighted by atomic mass is 10.0. The van der Waals surface area contributed by atoms with E-state index in [1.54, 1.807) is 13.0 Å². The molecule has 1 saturated carbocycles. The van der Waals surface area contributed by atoms with Crippen LogP contribution in [0.1, 0.15) is 35.3 Å². The summed E-state index contributed by atoms with van der Waals surface area (Å²) in [6.45, 7) is 2.21. The normalized spacial score (nSPS) is 16.0. The number of pyridine rings is 1. The zero-order chi connectivity index (χ0) is 13.3. The highest BCUT2D eigenvalue weighted by Gasteiger charge is 2.43. The summed E-state index contributed by atoms with van der Waals surface area (Å²) in [7, 11) is 0. The van der Waals surface area contributed by atoms with Crippen molar-refractivity contribution in [2.75, 3.05) is 0 Å². The van der Waals surface area contributed by atoms with Crippen LogP contribution in [0.4, 0.5) is 0 Å². The van der Waals surface area contributed by atoms with Crippen molar-refractivity contribution in [2.24, 2.45) is 5.41 Å². The van der Waals surface area contributed by atoms with Crippen LogP contribution >= 0.6 is 0 Å². The van der Waals surface area contributed by atoms with Gasteiger partial charge in [-0.15, -0.1) is 0 Å². The molecule has 0 unspecified atom stereocenters. The van der Waals surface area contributed by atoms with Crippen LogP contribution in [-0.4, -0.2) is 15.6 Å². The van der Waals surface area contributed by atoms with Gasteiger partial charge in [0.2, 0.25) is 0 Å². The van der Waals surface area contributed by atoms with Crippen LogP contribution in [0.25, 0.3) is 0 Å². The first-order valence-corrected chi connectivity index (χ1v) is 5.80. The fraction of sp³-hybridized carbons (Fsp3) is 0.462. The van der Waals surface area contributed by atoms with Crippen molar-refractivity contribution in [2.45, 2.75) is 32.7 Å². The molecule has 1 fully saturated rings. The van der Waals surface area contributed by atoms with E-state index in [0.717, 1.165) is 18.5 Å². The molecule has 0 atom stereocenters. The second-order valence-corrected chi connectivity index (χ2v) is 4.92. The van der Waals surface area contributed by atoms with Crippen molar-refractivity contribution in [3.8, 4) is 6.07 Å². The van der Waals surface area contributed by atoms with E-state index >= 15 is 0 Å². The Labute approximate surface area is 104 Å². The topological polar surface area (TPSA) is 83.1 Å². The van der Waals surface area contributed by atoms with Crippen LogP contribution in [0.3, 0.4) is 0 Å². The minimum atomic E-state index is -1.21. The average molecular weight is 246 g/mol. The highest BCUT2D eigenvalue weighted by molar-refractivity contribution is 5.87. The highest BCUT2D eigenvalue weighted by atomic mass is 16.4. The second kappa shape index (κ2) is 4.30. The molecule has 0 spiro atoms. The minimum absolute atomic E-state index is 0.125. The number of aromatic nitrogens is 1. The number of carboxylic acid groups (broad SMARTS) is 1. The zero-order valence-corrected chi connectivity index (χ0v) is 10.1. The maximum atomic E-state index is 12.0. The van der Waals surface area contributed by atoms with Crippen LogP contribution in [0, 0.1) is 23.7 Å². The molecule has 1 heterocycles. The Bertz CT molecular complexity index is 591. The zero-order valence-electron chi connectivity index (χ0n) is 10.1. The van der Waals surface area contributed by atoms with E-state index in [1.165, 1.54) is 10.6 Å². The van der Waals surface area contributed by atoms with Gasteiger partial charge in [0.15, 0.2) is 0 Å². The van der Waals surface area contributed by atoms with E-state index < -0.39 is 11.5 Å². The van der Waals surface area contributed by atoms with Crippen LogP contribution in [-0.2, 0) is 6.54 Å². The summed E-state index contributed by atoms with van der Waals surface area (Å²) in [5.41, 5.74) is -0.0882. The summed E-state index contributed by atoms with van der Waals surface area (Å²) in [6.07, 6.45) is 2.25. The van der Waals surface area contributed by atoms with Crippen molar-refractivity contribution in [3.63, 3.8) is 0 Å². The highest BCUT2D eigenvalue weighted by Crippen LogP contribution is 2.49. The van der Waals surface area contributed by atoms with Gasteiger partial charge >= 0.3 is 5.97 Å². The van der Waals surface area contributed by atoms with Crippen molar-refractivity contribution in [1.82, 2.24) is 4.57 Å². The third-order valence-corrected chi connectivity index (χ3v) is 3.53. The van der Waals surface area contributed by atoms with E-state index in [2.05, 4.69) is 6.07 Å². The molecule has 1 aromatic heterocycles. The van der Waals surface area contributed by atoms with Gasteiger partial charge in [-0.05, 0) is 31.9 Å². The molecular formula is C13H14N2O3. The lowest BCUT2D eigenvalue weighted by molar-refractivity contribution is 0.0694. The number of aromatic carboxylic acids is 1. The molecule has 2 rings (SSSR count). The molecule has 0 saturated heterocycles. The monoisotopic (exact) mass is 246 g/mol. The number of carboxylic acids is 1. The molecule has 5 heteroatoms. The van der Waals surface area contributed by atoms with E-state index in [9.17, 15) is 9.59 Å². The SMILES string of the molecule is Cc1ccc(C(=O)O)c(=O)n1CC1(CC#N)CC1. The Balaban J connectivity index is 2.39. The first kappa shape index (κ1) is 12.4. The van der Waals surface area contributed by atoms with Gasteiger partial charge in [-0.25, -0.2) is 4.79 Å². The molecular weight excluding hydrogens is 232 g/mol. The third-order valence-electron chi connectivity index (χ3n) is 3.53. The molecule has 5 nitrogen and oxygen atoms in total. The maximum Gasteiger partial charge on any atom is 0.341 e. The predicted octanol–water partition coefficient (Wildman–Crippen LogP) is 1.55. The quantitative estimate of drug-likeness (QED) is 0.873. The summed E-state index contributed by atoms with van der Waals surface area (Å²) < 4.78 is 1.48.